The number of hydrogen-bond acceptors (Lipinski definition) is 3. The molecule has 1 N–H and O–H groups in total. The maximum absolute atomic E-state index is 12.0. The maximum atomic E-state index is 12.0. The average Bonchev–Trinajstić information content (AvgIpc) is 2.76. The number of aryl methyl sites for hydroxylation is 1. The van der Waals surface area contributed by atoms with Gasteiger partial charge in [-0.3, -0.25) is 9.48 Å². The Morgan fingerprint density at radius 2 is 2.32 bits per heavy atom. The second kappa shape index (κ2) is 5.36. The molecule has 96 valence electrons. The highest BCUT2D eigenvalue weighted by Gasteiger charge is 2.08. The molecule has 0 bridgehead atoms. The second-order valence-corrected chi connectivity index (χ2v) is 4.25. The summed E-state index contributed by atoms with van der Waals surface area (Å²) in [6, 6.07) is 8.64. The molecule has 0 atom stereocenters. The summed E-state index contributed by atoms with van der Waals surface area (Å²) in [6.45, 7) is 2.38. The van der Waals surface area contributed by atoms with Crippen LogP contribution >= 0.6 is 0 Å². The van der Waals surface area contributed by atoms with Crippen molar-refractivity contribution in [1.82, 2.24) is 15.1 Å². The Kier molecular flexibility index (Phi) is 3.62. The predicted octanol–water partition coefficient (Wildman–Crippen LogP) is 1.53. The van der Waals surface area contributed by atoms with E-state index in [0.29, 0.717) is 17.7 Å². The van der Waals surface area contributed by atoms with Crippen LogP contribution in [0.2, 0.25) is 0 Å². The van der Waals surface area contributed by atoms with Crippen LogP contribution in [0.1, 0.15) is 27.2 Å². The van der Waals surface area contributed by atoms with Crippen LogP contribution in [-0.2, 0) is 13.6 Å². The van der Waals surface area contributed by atoms with Crippen molar-refractivity contribution in [3.8, 4) is 6.07 Å². The topological polar surface area (TPSA) is 70.7 Å². The van der Waals surface area contributed by atoms with E-state index in [4.69, 9.17) is 5.26 Å². The van der Waals surface area contributed by atoms with Crippen molar-refractivity contribution < 1.29 is 4.79 Å². The van der Waals surface area contributed by atoms with Crippen LogP contribution in [-0.4, -0.2) is 15.7 Å². The van der Waals surface area contributed by atoms with Gasteiger partial charge in [0.25, 0.3) is 5.91 Å². The normalized spacial score (nSPS) is 9.95. The minimum Gasteiger partial charge on any atom is -0.348 e. The van der Waals surface area contributed by atoms with Gasteiger partial charge in [-0.1, -0.05) is 6.07 Å². The van der Waals surface area contributed by atoms with Gasteiger partial charge < -0.3 is 5.32 Å². The molecular formula is C14H14N4O. The molecule has 1 heterocycles. The number of hydrogen-bond donors (Lipinski definition) is 1. The lowest BCUT2D eigenvalue weighted by Crippen LogP contribution is -2.23. The van der Waals surface area contributed by atoms with Gasteiger partial charge in [0.2, 0.25) is 0 Å². The summed E-state index contributed by atoms with van der Waals surface area (Å²) in [7, 11) is 1.86. The van der Waals surface area contributed by atoms with Gasteiger partial charge in [0.05, 0.1) is 17.8 Å². The Balaban J connectivity index is 2.05. The van der Waals surface area contributed by atoms with E-state index >= 15 is 0 Å². The number of nitriles is 1. The Morgan fingerprint density at radius 3 is 2.95 bits per heavy atom. The fourth-order valence-corrected chi connectivity index (χ4v) is 1.73. The van der Waals surface area contributed by atoms with Crippen molar-refractivity contribution >= 4 is 5.91 Å². The molecule has 0 aliphatic carbocycles. The number of benzene rings is 1. The lowest BCUT2D eigenvalue weighted by atomic mass is 10.1. The van der Waals surface area contributed by atoms with E-state index in [2.05, 4.69) is 10.4 Å². The van der Waals surface area contributed by atoms with Gasteiger partial charge in [-0.2, -0.15) is 10.4 Å². The first-order valence-electron chi connectivity index (χ1n) is 5.87. The molecule has 1 aromatic carbocycles. The Labute approximate surface area is 111 Å². The summed E-state index contributed by atoms with van der Waals surface area (Å²) >= 11 is 0. The number of aromatic nitrogens is 2. The van der Waals surface area contributed by atoms with E-state index in [0.717, 1.165) is 11.3 Å². The molecule has 0 saturated carbocycles. The van der Waals surface area contributed by atoms with Crippen LogP contribution in [0.5, 0.6) is 0 Å². The molecule has 0 fully saturated rings. The number of rotatable bonds is 3. The number of nitrogens with one attached hydrogen (secondary N) is 1. The molecule has 0 aliphatic rings. The van der Waals surface area contributed by atoms with E-state index in [1.54, 1.807) is 35.1 Å². The van der Waals surface area contributed by atoms with Gasteiger partial charge in [0.15, 0.2) is 0 Å². The third-order valence-corrected chi connectivity index (χ3v) is 3.03. The predicted molar refractivity (Wildman–Crippen MR) is 70.3 cm³/mol. The zero-order valence-electron chi connectivity index (χ0n) is 10.8. The fourth-order valence-electron chi connectivity index (χ4n) is 1.73. The van der Waals surface area contributed by atoms with Crippen molar-refractivity contribution in [1.29, 1.82) is 5.26 Å². The SMILES string of the molecule is Cc1c(CNC(=O)c2cccc(C#N)c2)cnn1C. The maximum Gasteiger partial charge on any atom is 0.251 e. The van der Waals surface area contributed by atoms with Crippen LogP contribution in [0.4, 0.5) is 0 Å². The molecular weight excluding hydrogens is 240 g/mol. The molecule has 0 radical (unpaired) electrons. The van der Waals surface area contributed by atoms with Gasteiger partial charge >= 0.3 is 0 Å². The molecule has 5 heteroatoms. The van der Waals surface area contributed by atoms with Crippen molar-refractivity contribution in [2.24, 2.45) is 7.05 Å². The number of amides is 1. The lowest BCUT2D eigenvalue weighted by molar-refractivity contribution is 0.0951. The average molecular weight is 254 g/mol. The van der Waals surface area contributed by atoms with E-state index in [9.17, 15) is 4.79 Å². The number of carbonyl (C=O) groups is 1. The smallest absolute Gasteiger partial charge is 0.251 e. The first-order chi connectivity index (χ1) is 9.11. The zero-order valence-corrected chi connectivity index (χ0v) is 10.8. The van der Waals surface area contributed by atoms with Gasteiger partial charge in [0.1, 0.15) is 0 Å². The molecule has 19 heavy (non-hydrogen) atoms. The van der Waals surface area contributed by atoms with Crippen LogP contribution < -0.4 is 5.32 Å². The minimum absolute atomic E-state index is 0.194. The van der Waals surface area contributed by atoms with Gasteiger partial charge in [-0.05, 0) is 25.1 Å². The zero-order chi connectivity index (χ0) is 13.8. The third kappa shape index (κ3) is 2.80. The summed E-state index contributed by atoms with van der Waals surface area (Å²) in [5.74, 6) is -0.194. The van der Waals surface area contributed by atoms with Crippen molar-refractivity contribution in [3.05, 3.63) is 52.8 Å². The third-order valence-electron chi connectivity index (χ3n) is 3.03. The first kappa shape index (κ1) is 12.8. The van der Waals surface area contributed by atoms with Crippen molar-refractivity contribution in [2.45, 2.75) is 13.5 Å². The van der Waals surface area contributed by atoms with Crippen molar-refractivity contribution in [2.75, 3.05) is 0 Å². The summed E-state index contributed by atoms with van der Waals surface area (Å²) < 4.78 is 1.76. The highest BCUT2D eigenvalue weighted by Crippen LogP contribution is 2.07. The van der Waals surface area contributed by atoms with Crippen LogP contribution in [0.3, 0.4) is 0 Å². The Morgan fingerprint density at radius 1 is 1.53 bits per heavy atom. The standard InChI is InChI=1S/C14H14N4O/c1-10-13(9-17-18(10)2)8-16-14(19)12-5-3-4-11(6-12)7-15/h3-6,9H,8H2,1-2H3,(H,16,19). The summed E-state index contributed by atoms with van der Waals surface area (Å²) in [4.78, 5) is 12.0. The molecule has 2 rings (SSSR count). The fraction of sp³-hybridized carbons (Fsp3) is 0.214. The van der Waals surface area contributed by atoms with Crippen molar-refractivity contribution in [3.63, 3.8) is 0 Å². The van der Waals surface area contributed by atoms with Gasteiger partial charge in [0, 0.05) is 30.4 Å². The van der Waals surface area contributed by atoms with E-state index in [-0.39, 0.29) is 5.91 Å². The molecule has 0 unspecified atom stereocenters. The minimum atomic E-state index is -0.194. The van der Waals surface area contributed by atoms with E-state index in [1.165, 1.54) is 0 Å². The lowest BCUT2D eigenvalue weighted by Gasteiger charge is -2.05. The second-order valence-electron chi connectivity index (χ2n) is 4.25. The van der Waals surface area contributed by atoms with Crippen LogP contribution in [0.25, 0.3) is 0 Å². The highest BCUT2D eigenvalue weighted by molar-refractivity contribution is 5.94. The Bertz CT molecular complexity index is 652. The molecule has 0 aliphatic heterocycles. The largest absolute Gasteiger partial charge is 0.348 e. The molecule has 5 nitrogen and oxygen atoms in total. The van der Waals surface area contributed by atoms with Crippen LogP contribution in [0.15, 0.2) is 30.5 Å². The quantitative estimate of drug-likeness (QED) is 0.903. The first-order valence-corrected chi connectivity index (χ1v) is 5.87. The highest BCUT2D eigenvalue weighted by atomic mass is 16.1. The number of nitrogens with zero attached hydrogens (tertiary/aromatic N) is 3. The van der Waals surface area contributed by atoms with Gasteiger partial charge in [-0.15, -0.1) is 0 Å². The molecule has 2 aromatic rings. The molecule has 0 saturated heterocycles. The monoisotopic (exact) mass is 254 g/mol. The van der Waals surface area contributed by atoms with E-state index < -0.39 is 0 Å². The molecule has 1 aromatic heterocycles. The summed E-state index contributed by atoms with van der Waals surface area (Å²) in [6.07, 6.45) is 1.74. The summed E-state index contributed by atoms with van der Waals surface area (Å²) in [5.41, 5.74) is 2.96. The van der Waals surface area contributed by atoms with Gasteiger partial charge in [-0.25, -0.2) is 0 Å². The van der Waals surface area contributed by atoms with Crippen LogP contribution in [0, 0.1) is 18.3 Å². The molecule has 1 amide bonds. The number of carbonyl (C=O) groups excluding carboxylic acids is 1. The molecule has 0 spiro atoms. The Hall–Kier alpha value is -2.61. The van der Waals surface area contributed by atoms with E-state index in [1.807, 2.05) is 20.0 Å². The summed E-state index contributed by atoms with van der Waals surface area (Å²) in [5, 5.41) is 15.7.